The highest BCUT2D eigenvalue weighted by atomic mass is 16.5. The number of methoxy groups -OCH3 is 3. The van der Waals surface area contributed by atoms with E-state index in [1.54, 1.807) is 24.3 Å². The van der Waals surface area contributed by atoms with Gasteiger partial charge in [-0.3, -0.25) is 9.59 Å². The van der Waals surface area contributed by atoms with E-state index in [9.17, 15) is 14.9 Å². The van der Waals surface area contributed by atoms with Gasteiger partial charge < -0.3 is 14.2 Å². The summed E-state index contributed by atoms with van der Waals surface area (Å²) in [4.78, 5) is 23.0. The molecular weight excluding hydrogens is 298 g/mol. The molecule has 0 atom stereocenters. The minimum atomic E-state index is -0.989. The molecule has 0 heterocycles. The Morgan fingerprint density at radius 1 is 1.09 bits per heavy atom. The second kappa shape index (κ2) is 8.79. The first-order valence-corrected chi connectivity index (χ1v) is 7.20. The van der Waals surface area contributed by atoms with Crippen LogP contribution in [0, 0.1) is 11.3 Å². The van der Waals surface area contributed by atoms with Gasteiger partial charge in [-0.1, -0.05) is 12.1 Å². The average molecular weight is 319 g/mol. The van der Waals surface area contributed by atoms with E-state index in [0.717, 1.165) is 0 Å². The zero-order valence-corrected chi connectivity index (χ0v) is 13.6. The standard InChI is InChI=1S/C17H21NO5/c1-21-14-6-4-5-13(11-14)17(12-18,9-7-15(19)22-2)10-8-16(20)23-3/h4-6,11H,7-10H2,1-3H3. The van der Waals surface area contributed by atoms with Gasteiger partial charge in [-0.25, -0.2) is 0 Å². The summed E-state index contributed by atoms with van der Waals surface area (Å²) < 4.78 is 14.5. The van der Waals surface area contributed by atoms with Crippen molar-refractivity contribution in [3.05, 3.63) is 29.8 Å². The molecular formula is C17H21NO5. The van der Waals surface area contributed by atoms with Crippen LogP contribution in [0.1, 0.15) is 31.2 Å². The van der Waals surface area contributed by atoms with Crippen LogP contribution in [-0.2, 0) is 24.5 Å². The van der Waals surface area contributed by atoms with Crippen molar-refractivity contribution in [2.75, 3.05) is 21.3 Å². The van der Waals surface area contributed by atoms with Gasteiger partial charge in [-0.2, -0.15) is 5.26 Å². The van der Waals surface area contributed by atoms with Crippen LogP contribution < -0.4 is 4.74 Å². The maximum Gasteiger partial charge on any atom is 0.305 e. The second-order valence-electron chi connectivity index (χ2n) is 5.08. The number of ether oxygens (including phenoxy) is 3. The summed E-state index contributed by atoms with van der Waals surface area (Å²) >= 11 is 0. The zero-order chi connectivity index (χ0) is 17.3. The Morgan fingerprint density at radius 3 is 2.09 bits per heavy atom. The number of hydrogen-bond donors (Lipinski definition) is 0. The third kappa shape index (κ3) is 4.99. The van der Waals surface area contributed by atoms with E-state index in [0.29, 0.717) is 11.3 Å². The van der Waals surface area contributed by atoms with Crippen molar-refractivity contribution >= 4 is 11.9 Å². The van der Waals surface area contributed by atoms with E-state index in [1.165, 1.54) is 21.3 Å². The predicted molar refractivity (Wildman–Crippen MR) is 82.8 cm³/mol. The fourth-order valence-corrected chi connectivity index (χ4v) is 2.35. The maximum absolute atomic E-state index is 11.5. The fraction of sp³-hybridized carbons (Fsp3) is 0.471. The molecule has 1 rings (SSSR count). The van der Waals surface area contributed by atoms with Crippen LogP contribution >= 0.6 is 0 Å². The molecule has 1 aromatic carbocycles. The Morgan fingerprint density at radius 2 is 1.65 bits per heavy atom. The monoisotopic (exact) mass is 319 g/mol. The van der Waals surface area contributed by atoms with E-state index < -0.39 is 17.4 Å². The lowest BCUT2D eigenvalue weighted by Crippen LogP contribution is -2.27. The smallest absolute Gasteiger partial charge is 0.305 e. The van der Waals surface area contributed by atoms with Gasteiger partial charge in [0.2, 0.25) is 0 Å². The quantitative estimate of drug-likeness (QED) is 0.684. The van der Waals surface area contributed by atoms with Gasteiger partial charge in [0.1, 0.15) is 5.75 Å². The molecule has 0 aromatic heterocycles. The van der Waals surface area contributed by atoms with Gasteiger partial charge in [0, 0.05) is 12.8 Å². The Bertz CT molecular complexity index is 571. The molecule has 0 amide bonds. The number of nitrogens with zero attached hydrogens (tertiary/aromatic N) is 1. The van der Waals surface area contributed by atoms with Crippen molar-refractivity contribution < 1.29 is 23.8 Å². The molecule has 1 aromatic rings. The Labute approximate surface area is 136 Å². The van der Waals surface area contributed by atoms with Gasteiger partial charge in [0.05, 0.1) is 32.8 Å². The van der Waals surface area contributed by atoms with Crippen molar-refractivity contribution in [1.29, 1.82) is 5.26 Å². The van der Waals surface area contributed by atoms with Gasteiger partial charge in [0.25, 0.3) is 0 Å². The first-order chi connectivity index (χ1) is 11.0. The van der Waals surface area contributed by atoms with Crippen LogP contribution in [0.4, 0.5) is 0 Å². The summed E-state index contributed by atoms with van der Waals surface area (Å²) in [6.07, 6.45) is 0.672. The average Bonchev–Trinajstić information content (AvgIpc) is 2.61. The number of carbonyl (C=O) groups is 2. The maximum atomic E-state index is 11.5. The summed E-state index contributed by atoms with van der Waals surface area (Å²) in [7, 11) is 4.14. The summed E-state index contributed by atoms with van der Waals surface area (Å²) in [6.45, 7) is 0. The molecule has 0 bridgehead atoms. The molecule has 0 fully saturated rings. The summed E-state index contributed by atoms with van der Waals surface area (Å²) in [5.74, 6) is -0.186. The third-order valence-electron chi connectivity index (χ3n) is 3.80. The van der Waals surface area contributed by atoms with Crippen molar-refractivity contribution in [3.63, 3.8) is 0 Å². The minimum absolute atomic E-state index is 0.0858. The predicted octanol–water partition coefficient (Wildman–Crippen LogP) is 2.36. The molecule has 0 N–H and O–H groups in total. The molecule has 124 valence electrons. The van der Waals surface area contributed by atoms with Gasteiger partial charge >= 0.3 is 11.9 Å². The highest BCUT2D eigenvalue weighted by molar-refractivity contribution is 5.70. The van der Waals surface area contributed by atoms with Crippen LogP contribution in [0.5, 0.6) is 5.75 Å². The molecule has 6 nitrogen and oxygen atoms in total. The van der Waals surface area contributed by atoms with Crippen LogP contribution in [-0.4, -0.2) is 33.3 Å². The third-order valence-corrected chi connectivity index (χ3v) is 3.80. The van der Waals surface area contributed by atoms with Crippen molar-refractivity contribution in [3.8, 4) is 11.8 Å². The number of esters is 2. The summed E-state index contributed by atoms with van der Waals surface area (Å²) in [5, 5.41) is 9.77. The number of rotatable bonds is 8. The molecule has 0 radical (unpaired) electrons. The van der Waals surface area contributed by atoms with Crippen LogP contribution in [0.25, 0.3) is 0 Å². The first-order valence-electron chi connectivity index (χ1n) is 7.20. The second-order valence-corrected chi connectivity index (χ2v) is 5.08. The molecule has 0 saturated carbocycles. The van der Waals surface area contributed by atoms with Crippen LogP contribution in [0.3, 0.4) is 0 Å². The number of benzene rings is 1. The lowest BCUT2D eigenvalue weighted by molar-refractivity contribution is -0.141. The van der Waals surface area contributed by atoms with Gasteiger partial charge in [-0.05, 0) is 30.5 Å². The Balaban J connectivity index is 3.12. The molecule has 0 aliphatic carbocycles. The van der Waals surface area contributed by atoms with Crippen molar-refractivity contribution in [2.24, 2.45) is 0 Å². The van der Waals surface area contributed by atoms with E-state index in [4.69, 9.17) is 4.74 Å². The van der Waals surface area contributed by atoms with E-state index >= 15 is 0 Å². The molecule has 23 heavy (non-hydrogen) atoms. The molecule has 0 saturated heterocycles. The topological polar surface area (TPSA) is 85.6 Å². The molecule has 0 aliphatic heterocycles. The Kier molecular flexibility index (Phi) is 7.07. The number of carbonyl (C=O) groups excluding carboxylic acids is 2. The molecule has 0 unspecified atom stereocenters. The van der Waals surface area contributed by atoms with E-state index in [1.807, 2.05) is 0 Å². The lowest BCUT2D eigenvalue weighted by Gasteiger charge is -2.27. The molecule has 6 heteroatoms. The zero-order valence-electron chi connectivity index (χ0n) is 13.6. The van der Waals surface area contributed by atoms with Crippen LogP contribution in [0.2, 0.25) is 0 Å². The van der Waals surface area contributed by atoms with Crippen molar-refractivity contribution in [1.82, 2.24) is 0 Å². The molecule has 0 aliphatic rings. The van der Waals surface area contributed by atoms with Crippen molar-refractivity contribution in [2.45, 2.75) is 31.1 Å². The van der Waals surface area contributed by atoms with Gasteiger partial charge in [-0.15, -0.1) is 0 Å². The Hall–Kier alpha value is -2.55. The number of nitriles is 1. The normalized spacial score (nSPS) is 10.5. The lowest BCUT2D eigenvalue weighted by atomic mass is 9.74. The first kappa shape index (κ1) is 18.5. The minimum Gasteiger partial charge on any atom is -0.497 e. The highest BCUT2D eigenvalue weighted by Crippen LogP contribution is 2.35. The SMILES string of the molecule is COC(=O)CCC(C#N)(CCC(=O)OC)c1cccc(OC)c1. The highest BCUT2D eigenvalue weighted by Gasteiger charge is 2.34. The fourth-order valence-electron chi connectivity index (χ4n) is 2.35. The summed E-state index contributed by atoms with van der Waals surface area (Å²) in [6, 6.07) is 9.36. The van der Waals surface area contributed by atoms with E-state index in [-0.39, 0.29) is 25.7 Å². The van der Waals surface area contributed by atoms with E-state index in [2.05, 4.69) is 15.5 Å². The van der Waals surface area contributed by atoms with Gasteiger partial charge in [0.15, 0.2) is 0 Å². The number of hydrogen-bond acceptors (Lipinski definition) is 6. The van der Waals surface area contributed by atoms with Crippen LogP contribution in [0.15, 0.2) is 24.3 Å². The largest absolute Gasteiger partial charge is 0.497 e. The molecule has 0 spiro atoms. The summed E-state index contributed by atoms with van der Waals surface area (Å²) in [5.41, 5.74) is -0.288.